The quantitative estimate of drug-likeness (QED) is 0.606. The van der Waals surface area contributed by atoms with Gasteiger partial charge in [0.15, 0.2) is 0 Å². The van der Waals surface area contributed by atoms with Gasteiger partial charge < -0.3 is 4.98 Å². The van der Waals surface area contributed by atoms with Gasteiger partial charge in [0.2, 0.25) is 0 Å². The lowest BCUT2D eigenvalue weighted by atomic mass is 10.2. The fourth-order valence-corrected chi connectivity index (χ4v) is 1.37. The van der Waals surface area contributed by atoms with E-state index in [0.717, 1.165) is 11.3 Å². The normalized spacial score (nSPS) is 10.7. The van der Waals surface area contributed by atoms with Gasteiger partial charge in [-0.3, -0.25) is 0 Å². The number of rotatable bonds is 0. The number of aromatic nitrogens is 2. The maximum Gasteiger partial charge on any atom is 0.137 e. The number of nitrogens with zero attached hydrogens (tertiary/aromatic N) is 1. The molecule has 1 N–H and O–H groups in total. The summed E-state index contributed by atoms with van der Waals surface area (Å²) in [5.41, 5.74) is 3.34. The van der Waals surface area contributed by atoms with Gasteiger partial charge in [0.1, 0.15) is 5.65 Å². The Balaban J connectivity index is 2.91. The van der Waals surface area contributed by atoms with Crippen LogP contribution >= 0.6 is 0 Å². The largest absolute Gasteiger partial charge is 0.346 e. The summed E-state index contributed by atoms with van der Waals surface area (Å²) in [7, 11) is 0. The van der Waals surface area contributed by atoms with Crippen LogP contribution in [0.4, 0.5) is 0 Å². The number of fused-ring (bicyclic) bond motifs is 1. The van der Waals surface area contributed by atoms with E-state index in [1.54, 1.807) is 0 Å². The summed E-state index contributed by atoms with van der Waals surface area (Å²) in [6.45, 7) is 4.11. The first kappa shape index (κ1) is 6.40. The predicted octanol–water partition coefficient (Wildman–Crippen LogP) is 2.18. The van der Waals surface area contributed by atoms with Crippen molar-refractivity contribution >= 4 is 11.0 Å². The molecule has 0 fully saturated rings. The Bertz CT molecular complexity index is 387. The molecule has 2 rings (SSSR count). The third-order valence-electron chi connectivity index (χ3n) is 1.86. The molecule has 2 nitrogen and oxygen atoms in total. The summed E-state index contributed by atoms with van der Waals surface area (Å²) in [6, 6.07) is 4.15. The van der Waals surface area contributed by atoms with E-state index in [0.29, 0.717) is 0 Å². The summed E-state index contributed by atoms with van der Waals surface area (Å²) in [4.78, 5) is 7.43. The molecule has 56 valence electrons. The first-order valence-corrected chi connectivity index (χ1v) is 3.69. The zero-order chi connectivity index (χ0) is 7.84. The average molecular weight is 146 g/mol. The van der Waals surface area contributed by atoms with Gasteiger partial charge in [0, 0.05) is 17.3 Å². The van der Waals surface area contributed by atoms with E-state index >= 15 is 0 Å². The number of aryl methyl sites for hydroxylation is 2. The first-order chi connectivity index (χ1) is 5.27. The molecule has 0 saturated heterocycles. The van der Waals surface area contributed by atoms with E-state index in [2.05, 4.69) is 29.0 Å². The van der Waals surface area contributed by atoms with Crippen LogP contribution in [-0.4, -0.2) is 9.97 Å². The van der Waals surface area contributed by atoms with Gasteiger partial charge in [-0.05, 0) is 31.5 Å². The second-order valence-electron chi connectivity index (χ2n) is 2.82. The Morgan fingerprint density at radius 3 is 3.00 bits per heavy atom. The highest BCUT2D eigenvalue weighted by Gasteiger charge is 1.98. The number of aromatic amines is 1. The highest BCUT2D eigenvalue weighted by atomic mass is 14.8. The highest BCUT2D eigenvalue weighted by Crippen LogP contribution is 2.15. The molecule has 0 bridgehead atoms. The van der Waals surface area contributed by atoms with Gasteiger partial charge in [-0.25, -0.2) is 4.98 Å². The molecule has 2 heterocycles. The standard InChI is InChI=1S/C9H10N2/c1-6-5-7(2)11-9-8(6)3-4-10-9/h3-5H,1-2H3,(H,10,11). The minimum absolute atomic E-state index is 0.988. The molecule has 0 aromatic carbocycles. The third kappa shape index (κ3) is 0.909. The van der Waals surface area contributed by atoms with E-state index in [1.165, 1.54) is 10.9 Å². The molecule has 2 heteroatoms. The molecule has 2 aromatic heterocycles. The molecule has 0 radical (unpaired) electrons. The first-order valence-electron chi connectivity index (χ1n) is 3.69. The Kier molecular flexibility index (Phi) is 1.22. The molecule has 2 aromatic rings. The zero-order valence-electron chi connectivity index (χ0n) is 6.68. The SMILES string of the molecule is Cc1cc(C)c2cc[nH]c2n1. The van der Waals surface area contributed by atoms with Crippen molar-refractivity contribution in [1.29, 1.82) is 0 Å². The molecule has 0 spiro atoms. The van der Waals surface area contributed by atoms with Gasteiger partial charge in [0.05, 0.1) is 0 Å². The van der Waals surface area contributed by atoms with Crippen molar-refractivity contribution in [3.63, 3.8) is 0 Å². The Labute approximate surface area is 65.3 Å². The second-order valence-corrected chi connectivity index (χ2v) is 2.82. The fourth-order valence-electron chi connectivity index (χ4n) is 1.37. The van der Waals surface area contributed by atoms with Crippen LogP contribution in [0.2, 0.25) is 0 Å². The molecular formula is C9H10N2. The van der Waals surface area contributed by atoms with E-state index in [1.807, 2.05) is 13.1 Å². The predicted molar refractivity (Wildman–Crippen MR) is 45.6 cm³/mol. The number of H-pyrrole nitrogens is 1. The van der Waals surface area contributed by atoms with Crippen LogP contribution in [0.5, 0.6) is 0 Å². The van der Waals surface area contributed by atoms with Crippen molar-refractivity contribution in [2.75, 3.05) is 0 Å². The van der Waals surface area contributed by atoms with Crippen LogP contribution in [-0.2, 0) is 0 Å². The van der Waals surface area contributed by atoms with Crippen molar-refractivity contribution in [2.45, 2.75) is 13.8 Å². The lowest BCUT2D eigenvalue weighted by Gasteiger charge is -1.96. The molecule has 0 aliphatic carbocycles. The van der Waals surface area contributed by atoms with Gasteiger partial charge in [-0.15, -0.1) is 0 Å². The second kappa shape index (κ2) is 2.09. The van der Waals surface area contributed by atoms with Crippen LogP contribution in [0.15, 0.2) is 18.3 Å². The Hall–Kier alpha value is -1.31. The summed E-state index contributed by atoms with van der Waals surface area (Å²) in [5.74, 6) is 0. The molecular weight excluding hydrogens is 136 g/mol. The molecule has 0 atom stereocenters. The topological polar surface area (TPSA) is 28.7 Å². The zero-order valence-corrected chi connectivity index (χ0v) is 6.68. The van der Waals surface area contributed by atoms with Gasteiger partial charge >= 0.3 is 0 Å². The smallest absolute Gasteiger partial charge is 0.137 e. The van der Waals surface area contributed by atoms with E-state index in [4.69, 9.17) is 0 Å². The molecule has 0 unspecified atom stereocenters. The summed E-state index contributed by atoms with van der Waals surface area (Å²) >= 11 is 0. The molecule has 0 amide bonds. The summed E-state index contributed by atoms with van der Waals surface area (Å²) < 4.78 is 0. The summed E-state index contributed by atoms with van der Waals surface area (Å²) in [5, 5.41) is 1.22. The molecule has 0 saturated carbocycles. The minimum Gasteiger partial charge on any atom is -0.346 e. The lowest BCUT2D eigenvalue weighted by molar-refractivity contribution is 1.21. The van der Waals surface area contributed by atoms with Gasteiger partial charge in [-0.2, -0.15) is 0 Å². The van der Waals surface area contributed by atoms with Gasteiger partial charge in [-0.1, -0.05) is 0 Å². The number of hydrogen-bond donors (Lipinski definition) is 1. The van der Waals surface area contributed by atoms with Crippen molar-refractivity contribution in [1.82, 2.24) is 9.97 Å². The van der Waals surface area contributed by atoms with Crippen molar-refractivity contribution < 1.29 is 0 Å². The maximum absolute atomic E-state index is 4.34. The average Bonchev–Trinajstić information content (AvgIpc) is 2.34. The number of hydrogen-bond acceptors (Lipinski definition) is 1. The number of pyridine rings is 1. The highest BCUT2D eigenvalue weighted by molar-refractivity contribution is 5.79. The van der Waals surface area contributed by atoms with Crippen molar-refractivity contribution in [3.05, 3.63) is 29.6 Å². The lowest BCUT2D eigenvalue weighted by Crippen LogP contribution is -1.84. The van der Waals surface area contributed by atoms with Crippen LogP contribution in [0, 0.1) is 13.8 Å². The van der Waals surface area contributed by atoms with Gasteiger partial charge in [0.25, 0.3) is 0 Å². The van der Waals surface area contributed by atoms with Crippen molar-refractivity contribution in [3.8, 4) is 0 Å². The van der Waals surface area contributed by atoms with Crippen molar-refractivity contribution in [2.24, 2.45) is 0 Å². The summed E-state index contributed by atoms with van der Waals surface area (Å²) in [6.07, 6.45) is 1.92. The van der Waals surface area contributed by atoms with Crippen LogP contribution in [0.3, 0.4) is 0 Å². The molecule has 0 aliphatic heterocycles. The molecule has 0 aliphatic rings. The fraction of sp³-hybridized carbons (Fsp3) is 0.222. The van der Waals surface area contributed by atoms with Crippen LogP contribution in [0.1, 0.15) is 11.3 Å². The number of nitrogens with one attached hydrogen (secondary N) is 1. The Morgan fingerprint density at radius 1 is 1.36 bits per heavy atom. The van der Waals surface area contributed by atoms with E-state index in [9.17, 15) is 0 Å². The minimum atomic E-state index is 0.988. The maximum atomic E-state index is 4.34. The van der Waals surface area contributed by atoms with E-state index < -0.39 is 0 Å². The Morgan fingerprint density at radius 2 is 2.18 bits per heavy atom. The third-order valence-corrected chi connectivity index (χ3v) is 1.86. The van der Waals surface area contributed by atoms with Crippen LogP contribution in [0.25, 0.3) is 11.0 Å². The van der Waals surface area contributed by atoms with E-state index in [-0.39, 0.29) is 0 Å². The monoisotopic (exact) mass is 146 g/mol. The van der Waals surface area contributed by atoms with Crippen LogP contribution < -0.4 is 0 Å². The molecule has 11 heavy (non-hydrogen) atoms.